The molecule has 13 heteroatoms. The fourth-order valence-corrected chi connectivity index (χ4v) is 4.35. The molecule has 2 saturated heterocycles. The van der Waals surface area contributed by atoms with E-state index in [0.717, 1.165) is 23.3 Å². The third-order valence-corrected chi connectivity index (χ3v) is 6.81. The molecule has 0 aromatic heterocycles. The van der Waals surface area contributed by atoms with Crippen molar-refractivity contribution in [1.82, 2.24) is 0 Å². The topological polar surface area (TPSA) is 202 Å². The van der Waals surface area contributed by atoms with E-state index in [1.165, 1.54) is 12.2 Å². The lowest BCUT2D eigenvalue weighted by Gasteiger charge is -2.44. The SMILES string of the molecule is O=C(/C=C/c1ccccc1)OC[C@H]1O[C@H](O[C@H]2O[C@H](COC(=O)/C=C/c3ccccc3)[C@@H](O)[C@H](O)[C@H]2O)[C@H](O)[C@@H](O)[C@@H]1O. The van der Waals surface area contributed by atoms with Crippen molar-refractivity contribution in [3.05, 3.63) is 83.9 Å². The van der Waals surface area contributed by atoms with Crippen molar-refractivity contribution in [3.8, 4) is 0 Å². The zero-order valence-corrected chi connectivity index (χ0v) is 22.8. The van der Waals surface area contributed by atoms with Gasteiger partial charge in [-0.1, -0.05) is 60.7 Å². The summed E-state index contributed by atoms with van der Waals surface area (Å²) in [7, 11) is 0. The first kappa shape index (κ1) is 32.4. The number of hydrogen-bond donors (Lipinski definition) is 6. The van der Waals surface area contributed by atoms with E-state index in [-0.39, 0.29) is 0 Å². The number of rotatable bonds is 10. The van der Waals surface area contributed by atoms with Gasteiger partial charge in [0.25, 0.3) is 0 Å². The minimum absolute atomic E-state index is 0.534. The van der Waals surface area contributed by atoms with Crippen LogP contribution in [0.15, 0.2) is 72.8 Å². The minimum Gasteiger partial charge on any atom is -0.460 e. The van der Waals surface area contributed by atoms with Crippen LogP contribution in [0.2, 0.25) is 0 Å². The molecule has 0 amide bonds. The average Bonchev–Trinajstić information content (AvgIpc) is 3.02. The molecular weight excluding hydrogens is 568 g/mol. The maximum atomic E-state index is 12.1. The fourth-order valence-electron chi connectivity index (χ4n) is 4.35. The predicted molar refractivity (Wildman–Crippen MR) is 147 cm³/mol. The van der Waals surface area contributed by atoms with E-state index in [1.807, 2.05) is 12.1 Å². The second kappa shape index (κ2) is 15.3. The largest absolute Gasteiger partial charge is 0.460 e. The summed E-state index contributed by atoms with van der Waals surface area (Å²) in [6, 6.07) is 17.9. The molecule has 2 aliphatic rings. The first-order chi connectivity index (χ1) is 20.6. The summed E-state index contributed by atoms with van der Waals surface area (Å²) in [5.41, 5.74) is 1.49. The van der Waals surface area contributed by atoms with E-state index in [1.54, 1.807) is 48.5 Å². The summed E-state index contributed by atoms with van der Waals surface area (Å²) in [6.07, 6.45) is -11.5. The Balaban J connectivity index is 1.33. The molecule has 0 bridgehead atoms. The lowest BCUT2D eigenvalue weighted by Crippen LogP contribution is -2.64. The van der Waals surface area contributed by atoms with E-state index >= 15 is 0 Å². The molecule has 2 aliphatic heterocycles. The molecule has 4 rings (SSSR count). The first-order valence-corrected chi connectivity index (χ1v) is 13.5. The molecule has 6 N–H and O–H groups in total. The van der Waals surface area contributed by atoms with E-state index in [9.17, 15) is 40.2 Å². The van der Waals surface area contributed by atoms with Gasteiger partial charge in [0, 0.05) is 12.2 Å². The van der Waals surface area contributed by atoms with Crippen molar-refractivity contribution in [3.63, 3.8) is 0 Å². The standard InChI is InChI=1S/C30H34O13/c31-21(13-11-17-7-3-1-4-8-17)39-15-19-23(33)25(35)27(37)29(41-19)43-30-28(38)26(36)24(34)20(42-30)16-40-22(32)14-12-18-9-5-2-6-10-18/h1-14,19-20,23-30,33-38H,15-16H2/b13-11+,14-12+/t19-,20-,23-,24-,25+,26+,27-,28-,29-,30-/m1/s1. The van der Waals surface area contributed by atoms with Crippen LogP contribution in [0.1, 0.15) is 11.1 Å². The van der Waals surface area contributed by atoms with Crippen LogP contribution in [0, 0.1) is 0 Å². The number of aliphatic hydroxyl groups is 6. The van der Waals surface area contributed by atoms with Crippen LogP contribution in [0.3, 0.4) is 0 Å². The number of carbonyl (C=O) groups is 2. The van der Waals surface area contributed by atoms with Gasteiger partial charge in [-0.2, -0.15) is 0 Å². The molecule has 13 nitrogen and oxygen atoms in total. The molecule has 2 aromatic carbocycles. The minimum atomic E-state index is -1.85. The Kier molecular flexibility index (Phi) is 11.5. The Labute approximate surface area is 246 Å². The van der Waals surface area contributed by atoms with Gasteiger partial charge in [-0.25, -0.2) is 9.59 Å². The highest BCUT2D eigenvalue weighted by Gasteiger charge is 2.50. The fraction of sp³-hybridized carbons (Fsp3) is 0.400. The van der Waals surface area contributed by atoms with Gasteiger partial charge < -0.3 is 54.3 Å². The van der Waals surface area contributed by atoms with Crippen LogP contribution in [0.4, 0.5) is 0 Å². The van der Waals surface area contributed by atoms with Crippen LogP contribution in [-0.2, 0) is 33.3 Å². The van der Waals surface area contributed by atoms with Gasteiger partial charge in [0.1, 0.15) is 62.0 Å². The van der Waals surface area contributed by atoms with Crippen molar-refractivity contribution in [2.24, 2.45) is 0 Å². The van der Waals surface area contributed by atoms with Gasteiger partial charge in [-0.15, -0.1) is 0 Å². The van der Waals surface area contributed by atoms with Crippen LogP contribution in [-0.4, -0.2) is 117 Å². The highest BCUT2D eigenvalue weighted by Crippen LogP contribution is 2.28. The molecule has 2 fully saturated rings. The van der Waals surface area contributed by atoms with Gasteiger partial charge in [0.15, 0.2) is 12.6 Å². The Hall–Kier alpha value is -3.50. The van der Waals surface area contributed by atoms with E-state index < -0.39 is 86.6 Å². The highest BCUT2D eigenvalue weighted by molar-refractivity contribution is 5.87. The molecule has 0 saturated carbocycles. The van der Waals surface area contributed by atoms with E-state index in [0.29, 0.717) is 0 Å². The molecule has 0 spiro atoms. The van der Waals surface area contributed by atoms with Crippen molar-refractivity contribution in [2.45, 2.75) is 61.4 Å². The summed E-state index contributed by atoms with van der Waals surface area (Å²) in [4.78, 5) is 24.3. The lowest BCUT2D eigenvalue weighted by atomic mass is 9.98. The van der Waals surface area contributed by atoms with Gasteiger partial charge in [0.05, 0.1) is 0 Å². The average molecular weight is 603 g/mol. The molecular formula is C30H34O13. The Morgan fingerprint density at radius 3 is 1.33 bits per heavy atom. The molecule has 43 heavy (non-hydrogen) atoms. The smallest absolute Gasteiger partial charge is 0.330 e. The molecule has 0 unspecified atom stereocenters. The normalized spacial score (nSPS) is 33.0. The van der Waals surface area contributed by atoms with E-state index in [2.05, 4.69) is 0 Å². The summed E-state index contributed by atoms with van der Waals surface area (Å²) < 4.78 is 26.7. The molecule has 0 aliphatic carbocycles. The number of carbonyl (C=O) groups excluding carboxylic acids is 2. The van der Waals surface area contributed by atoms with Crippen LogP contribution < -0.4 is 0 Å². The number of benzene rings is 2. The maximum Gasteiger partial charge on any atom is 0.330 e. The monoisotopic (exact) mass is 602 g/mol. The number of ether oxygens (including phenoxy) is 5. The van der Waals surface area contributed by atoms with Crippen molar-refractivity contribution in [2.75, 3.05) is 13.2 Å². The van der Waals surface area contributed by atoms with Crippen LogP contribution >= 0.6 is 0 Å². The zero-order valence-electron chi connectivity index (χ0n) is 22.8. The highest BCUT2D eigenvalue weighted by atomic mass is 16.8. The van der Waals surface area contributed by atoms with Crippen molar-refractivity contribution in [1.29, 1.82) is 0 Å². The molecule has 2 heterocycles. The van der Waals surface area contributed by atoms with E-state index in [4.69, 9.17) is 23.7 Å². The molecule has 10 atom stereocenters. The maximum absolute atomic E-state index is 12.1. The zero-order chi connectivity index (χ0) is 30.9. The molecule has 0 radical (unpaired) electrons. The summed E-state index contributed by atoms with van der Waals surface area (Å²) in [5.74, 6) is -1.53. The summed E-state index contributed by atoms with van der Waals surface area (Å²) in [6.45, 7) is -1.07. The number of esters is 2. The number of aliphatic hydroxyl groups excluding tert-OH is 6. The molecule has 232 valence electrons. The van der Waals surface area contributed by atoms with Crippen molar-refractivity contribution < 1.29 is 63.9 Å². The van der Waals surface area contributed by atoms with Gasteiger partial charge >= 0.3 is 11.9 Å². The van der Waals surface area contributed by atoms with Crippen LogP contribution in [0.25, 0.3) is 12.2 Å². The Bertz CT molecular complexity index is 1140. The van der Waals surface area contributed by atoms with Gasteiger partial charge in [0.2, 0.25) is 0 Å². The first-order valence-electron chi connectivity index (χ1n) is 13.5. The van der Waals surface area contributed by atoms with Gasteiger partial charge in [-0.3, -0.25) is 0 Å². The summed E-state index contributed by atoms with van der Waals surface area (Å²) in [5, 5.41) is 62.3. The Morgan fingerprint density at radius 1 is 0.581 bits per heavy atom. The second-order valence-electron chi connectivity index (χ2n) is 9.91. The lowest BCUT2D eigenvalue weighted by molar-refractivity contribution is -0.376. The van der Waals surface area contributed by atoms with Crippen molar-refractivity contribution >= 4 is 24.1 Å². The third-order valence-electron chi connectivity index (χ3n) is 6.81. The third kappa shape index (κ3) is 8.76. The van der Waals surface area contributed by atoms with Gasteiger partial charge in [-0.05, 0) is 23.3 Å². The Morgan fingerprint density at radius 2 is 0.953 bits per heavy atom. The number of hydrogen-bond acceptors (Lipinski definition) is 13. The quantitative estimate of drug-likeness (QED) is 0.145. The predicted octanol–water partition coefficient (Wildman–Crippen LogP) is -0.869. The summed E-state index contributed by atoms with van der Waals surface area (Å²) >= 11 is 0. The second-order valence-corrected chi connectivity index (χ2v) is 9.91. The van der Waals surface area contributed by atoms with Crippen LogP contribution in [0.5, 0.6) is 0 Å². The molecule has 2 aromatic rings.